The van der Waals surface area contributed by atoms with E-state index in [2.05, 4.69) is 12.2 Å². The van der Waals surface area contributed by atoms with Gasteiger partial charge in [0.05, 0.1) is 0 Å². The maximum atomic E-state index is 12.6. The van der Waals surface area contributed by atoms with Gasteiger partial charge in [0.15, 0.2) is 0 Å². The van der Waals surface area contributed by atoms with Gasteiger partial charge in [0.1, 0.15) is 5.69 Å². The summed E-state index contributed by atoms with van der Waals surface area (Å²) in [5, 5.41) is 3.34. The molecule has 0 unspecified atom stereocenters. The van der Waals surface area contributed by atoms with Crippen molar-refractivity contribution in [1.82, 2.24) is 14.8 Å². The van der Waals surface area contributed by atoms with E-state index < -0.39 is 0 Å². The first-order chi connectivity index (χ1) is 8.65. The zero-order valence-electron chi connectivity index (χ0n) is 11.6. The quantitative estimate of drug-likeness (QED) is 0.879. The predicted octanol–water partition coefficient (Wildman–Crippen LogP) is 1.55. The van der Waals surface area contributed by atoms with Gasteiger partial charge in [-0.15, -0.1) is 0 Å². The van der Waals surface area contributed by atoms with Crippen LogP contribution in [0.5, 0.6) is 0 Å². The van der Waals surface area contributed by atoms with Gasteiger partial charge in [-0.05, 0) is 38.4 Å². The second-order valence-electron chi connectivity index (χ2n) is 5.06. The van der Waals surface area contributed by atoms with Gasteiger partial charge in [0, 0.05) is 31.9 Å². The van der Waals surface area contributed by atoms with E-state index >= 15 is 0 Å². The Balaban J connectivity index is 2.19. The van der Waals surface area contributed by atoms with Crippen LogP contribution in [0.4, 0.5) is 0 Å². The zero-order chi connectivity index (χ0) is 13.1. The highest BCUT2D eigenvalue weighted by Gasteiger charge is 2.27. The predicted molar refractivity (Wildman–Crippen MR) is 72.8 cm³/mol. The summed E-state index contributed by atoms with van der Waals surface area (Å²) < 4.78 is 1.98. The molecule has 0 aliphatic carbocycles. The van der Waals surface area contributed by atoms with Crippen molar-refractivity contribution in [3.63, 3.8) is 0 Å². The van der Waals surface area contributed by atoms with Crippen molar-refractivity contribution < 1.29 is 4.79 Å². The average Bonchev–Trinajstić information content (AvgIpc) is 2.98. The highest BCUT2D eigenvalue weighted by Crippen LogP contribution is 2.15. The zero-order valence-corrected chi connectivity index (χ0v) is 11.6. The molecule has 1 N–H and O–H groups in total. The van der Waals surface area contributed by atoms with Crippen molar-refractivity contribution >= 4 is 5.91 Å². The third-order valence-corrected chi connectivity index (χ3v) is 3.79. The molecule has 0 radical (unpaired) electrons. The number of nitrogens with zero attached hydrogens (tertiary/aromatic N) is 2. The maximum Gasteiger partial charge on any atom is 0.270 e. The van der Waals surface area contributed by atoms with E-state index in [1.807, 2.05) is 35.6 Å². The van der Waals surface area contributed by atoms with Crippen molar-refractivity contribution in [3.8, 4) is 0 Å². The molecule has 1 saturated heterocycles. The Bertz CT molecular complexity index is 419. The first-order valence-electron chi connectivity index (χ1n) is 6.79. The van der Waals surface area contributed by atoms with Crippen molar-refractivity contribution in [2.75, 3.05) is 19.6 Å². The van der Waals surface area contributed by atoms with Gasteiger partial charge in [0.25, 0.3) is 5.91 Å². The molecule has 0 bridgehead atoms. The minimum Gasteiger partial charge on any atom is -0.344 e. The summed E-state index contributed by atoms with van der Waals surface area (Å²) in [5.74, 6) is 0.168. The van der Waals surface area contributed by atoms with Gasteiger partial charge in [-0.25, -0.2) is 0 Å². The highest BCUT2D eigenvalue weighted by atomic mass is 16.2. The van der Waals surface area contributed by atoms with E-state index in [1.54, 1.807) is 0 Å². The van der Waals surface area contributed by atoms with Crippen LogP contribution in [0.2, 0.25) is 0 Å². The van der Waals surface area contributed by atoms with Crippen LogP contribution in [0.3, 0.4) is 0 Å². The lowest BCUT2D eigenvalue weighted by molar-refractivity contribution is 0.0682. The molecule has 100 valence electrons. The molecule has 2 heterocycles. The Morgan fingerprint density at radius 1 is 1.56 bits per heavy atom. The number of rotatable bonds is 4. The van der Waals surface area contributed by atoms with Crippen LogP contribution in [0.15, 0.2) is 12.1 Å². The number of hydrogen-bond acceptors (Lipinski definition) is 2. The molecule has 1 amide bonds. The van der Waals surface area contributed by atoms with E-state index in [-0.39, 0.29) is 5.91 Å². The Labute approximate surface area is 109 Å². The lowest BCUT2D eigenvalue weighted by Gasteiger charge is -2.28. The summed E-state index contributed by atoms with van der Waals surface area (Å²) in [7, 11) is 1.96. The molecule has 1 atom stereocenters. The van der Waals surface area contributed by atoms with Crippen molar-refractivity contribution in [1.29, 1.82) is 0 Å². The summed E-state index contributed by atoms with van der Waals surface area (Å²) in [6, 6.07) is 4.29. The smallest absolute Gasteiger partial charge is 0.270 e. The summed E-state index contributed by atoms with van der Waals surface area (Å²) >= 11 is 0. The fourth-order valence-corrected chi connectivity index (χ4v) is 2.57. The number of carbonyl (C=O) groups excluding carboxylic acids is 1. The van der Waals surface area contributed by atoms with Gasteiger partial charge in [0.2, 0.25) is 0 Å². The third-order valence-electron chi connectivity index (χ3n) is 3.79. The molecule has 1 aliphatic rings. The second kappa shape index (κ2) is 5.57. The largest absolute Gasteiger partial charge is 0.344 e. The van der Waals surface area contributed by atoms with Crippen molar-refractivity contribution in [2.24, 2.45) is 7.05 Å². The monoisotopic (exact) mass is 249 g/mol. The van der Waals surface area contributed by atoms with Crippen LogP contribution in [-0.2, 0) is 7.05 Å². The fourth-order valence-electron chi connectivity index (χ4n) is 2.57. The molecule has 1 aliphatic heterocycles. The Kier molecular flexibility index (Phi) is 4.07. The van der Waals surface area contributed by atoms with E-state index in [9.17, 15) is 4.79 Å². The first kappa shape index (κ1) is 13.1. The molecule has 1 aromatic rings. The first-order valence-corrected chi connectivity index (χ1v) is 6.79. The molecule has 1 fully saturated rings. The minimum absolute atomic E-state index is 0.168. The highest BCUT2D eigenvalue weighted by molar-refractivity contribution is 5.93. The molecule has 4 nitrogen and oxygen atoms in total. The van der Waals surface area contributed by atoms with Gasteiger partial charge >= 0.3 is 0 Å². The topological polar surface area (TPSA) is 37.3 Å². The number of hydrogen-bond donors (Lipinski definition) is 1. The lowest BCUT2D eigenvalue weighted by atomic mass is 10.2. The Hall–Kier alpha value is -1.29. The Morgan fingerprint density at radius 2 is 2.33 bits per heavy atom. The molecule has 0 saturated carbocycles. The number of aromatic nitrogens is 1. The van der Waals surface area contributed by atoms with Gasteiger partial charge in [-0.2, -0.15) is 0 Å². The maximum absolute atomic E-state index is 12.6. The number of carbonyl (C=O) groups is 1. The SMILES string of the molecule is CCCN(C(=O)c1ccc(C)n1C)[C@@H]1CCNC1. The minimum atomic E-state index is 0.168. The summed E-state index contributed by atoms with van der Waals surface area (Å²) in [5.41, 5.74) is 1.92. The third kappa shape index (κ3) is 2.43. The summed E-state index contributed by atoms with van der Waals surface area (Å²) in [6.07, 6.45) is 2.07. The average molecular weight is 249 g/mol. The normalized spacial score (nSPS) is 19.2. The van der Waals surface area contributed by atoms with E-state index in [0.717, 1.165) is 43.9 Å². The molecule has 2 rings (SSSR count). The Morgan fingerprint density at radius 3 is 2.83 bits per heavy atom. The molecular formula is C14H23N3O. The second-order valence-corrected chi connectivity index (χ2v) is 5.06. The molecule has 0 aromatic carbocycles. The van der Waals surface area contributed by atoms with Crippen LogP contribution in [0, 0.1) is 6.92 Å². The molecule has 4 heteroatoms. The molecule has 18 heavy (non-hydrogen) atoms. The van der Waals surface area contributed by atoms with E-state index in [1.165, 1.54) is 0 Å². The lowest BCUT2D eigenvalue weighted by Crippen LogP contribution is -2.42. The van der Waals surface area contributed by atoms with Crippen LogP contribution in [0.25, 0.3) is 0 Å². The van der Waals surface area contributed by atoms with Crippen LogP contribution in [0.1, 0.15) is 35.9 Å². The van der Waals surface area contributed by atoms with Crippen LogP contribution in [-0.4, -0.2) is 41.1 Å². The van der Waals surface area contributed by atoms with Crippen molar-refractivity contribution in [2.45, 2.75) is 32.7 Å². The van der Waals surface area contributed by atoms with Crippen LogP contribution < -0.4 is 5.32 Å². The summed E-state index contributed by atoms with van der Waals surface area (Å²) in [4.78, 5) is 14.7. The molecule has 0 spiro atoms. The van der Waals surface area contributed by atoms with Gasteiger partial charge < -0.3 is 14.8 Å². The van der Waals surface area contributed by atoms with Gasteiger partial charge in [-0.3, -0.25) is 4.79 Å². The van der Waals surface area contributed by atoms with E-state index in [4.69, 9.17) is 0 Å². The standard InChI is InChI=1S/C14H23N3O/c1-4-9-17(12-7-8-15-10-12)14(18)13-6-5-11(2)16(13)3/h5-6,12,15H,4,7-10H2,1-3H3/t12-/m1/s1. The van der Waals surface area contributed by atoms with E-state index in [0.29, 0.717) is 6.04 Å². The number of nitrogens with one attached hydrogen (secondary N) is 1. The number of aryl methyl sites for hydroxylation is 1. The summed E-state index contributed by atoms with van der Waals surface area (Å²) in [6.45, 7) is 6.94. The fraction of sp³-hybridized carbons (Fsp3) is 0.643. The molecule has 1 aromatic heterocycles. The van der Waals surface area contributed by atoms with Gasteiger partial charge in [-0.1, -0.05) is 6.92 Å². The molecular weight excluding hydrogens is 226 g/mol. The number of amides is 1. The van der Waals surface area contributed by atoms with Crippen molar-refractivity contribution in [3.05, 3.63) is 23.5 Å². The van der Waals surface area contributed by atoms with Crippen LogP contribution >= 0.6 is 0 Å².